The predicted molar refractivity (Wildman–Crippen MR) is 62.6 cm³/mol. The zero-order valence-corrected chi connectivity index (χ0v) is 10.0. The lowest BCUT2D eigenvalue weighted by Gasteiger charge is -2.10. The number of aromatic nitrogens is 2. The number of nitrogens with one attached hydrogen (secondary N) is 2. The minimum Gasteiger partial charge on any atom is -0.363 e. The largest absolute Gasteiger partial charge is 0.363 e. The van der Waals surface area contributed by atoms with Crippen molar-refractivity contribution in [1.82, 2.24) is 9.97 Å². The molecule has 5 heteroatoms. The second-order valence-corrected chi connectivity index (χ2v) is 5.37. The van der Waals surface area contributed by atoms with Gasteiger partial charge in [-0.2, -0.15) is 0 Å². The van der Waals surface area contributed by atoms with Crippen molar-refractivity contribution in [1.29, 1.82) is 0 Å². The molecule has 2 aromatic heterocycles. The zero-order chi connectivity index (χ0) is 9.97. The quantitative estimate of drug-likeness (QED) is 0.899. The SMILES string of the molecule is CC(Nc1ncc(Br)s1)c1ccc[nH]1. The van der Waals surface area contributed by atoms with E-state index in [1.165, 1.54) is 0 Å². The second-order valence-electron chi connectivity index (χ2n) is 2.96. The Labute approximate surface area is 94.7 Å². The summed E-state index contributed by atoms with van der Waals surface area (Å²) in [5.74, 6) is 0. The number of aromatic amines is 1. The van der Waals surface area contributed by atoms with E-state index >= 15 is 0 Å². The smallest absolute Gasteiger partial charge is 0.184 e. The number of H-pyrrole nitrogens is 1. The molecule has 0 bridgehead atoms. The summed E-state index contributed by atoms with van der Waals surface area (Å²) >= 11 is 4.97. The molecule has 0 saturated heterocycles. The average Bonchev–Trinajstić information content (AvgIpc) is 2.75. The fraction of sp³-hybridized carbons (Fsp3) is 0.222. The highest BCUT2D eigenvalue weighted by Crippen LogP contribution is 2.26. The maximum atomic E-state index is 4.21. The van der Waals surface area contributed by atoms with Gasteiger partial charge in [-0.3, -0.25) is 0 Å². The number of anilines is 1. The molecule has 2 rings (SSSR count). The van der Waals surface area contributed by atoms with Crippen LogP contribution in [0.1, 0.15) is 18.7 Å². The summed E-state index contributed by atoms with van der Waals surface area (Å²) in [6.45, 7) is 2.10. The van der Waals surface area contributed by atoms with Gasteiger partial charge in [0.05, 0.1) is 16.0 Å². The summed E-state index contributed by atoms with van der Waals surface area (Å²) in [5, 5.41) is 4.24. The maximum absolute atomic E-state index is 4.21. The first-order valence-electron chi connectivity index (χ1n) is 4.27. The van der Waals surface area contributed by atoms with E-state index in [0.29, 0.717) is 0 Å². The van der Waals surface area contributed by atoms with Gasteiger partial charge in [-0.25, -0.2) is 4.98 Å². The molecular weight excluding hydrogens is 262 g/mol. The molecule has 14 heavy (non-hydrogen) atoms. The molecule has 0 aliphatic heterocycles. The normalized spacial score (nSPS) is 12.7. The van der Waals surface area contributed by atoms with Gasteiger partial charge in [-0.05, 0) is 35.0 Å². The third kappa shape index (κ3) is 2.16. The van der Waals surface area contributed by atoms with Crippen molar-refractivity contribution in [2.24, 2.45) is 0 Å². The molecule has 0 fully saturated rings. The molecule has 1 unspecified atom stereocenters. The lowest BCUT2D eigenvalue weighted by atomic mass is 10.2. The minimum absolute atomic E-state index is 0.253. The fourth-order valence-electron chi connectivity index (χ4n) is 1.20. The molecule has 2 aromatic rings. The van der Waals surface area contributed by atoms with Crippen LogP contribution in [0.5, 0.6) is 0 Å². The van der Waals surface area contributed by atoms with Crippen LogP contribution in [0.2, 0.25) is 0 Å². The first kappa shape index (κ1) is 9.73. The molecule has 2 N–H and O–H groups in total. The standard InChI is InChI=1S/C9H10BrN3S/c1-6(7-3-2-4-11-7)13-9-12-5-8(10)14-9/h2-6,11H,1H3,(H,12,13). The third-order valence-electron chi connectivity index (χ3n) is 1.91. The molecule has 0 spiro atoms. The first-order chi connectivity index (χ1) is 6.75. The highest BCUT2D eigenvalue weighted by molar-refractivity contribution is 9.11. The van der Waals surface area contributed by atoms with E-state index < -0.39 is 0 Å². The molecule has 1 atom stereocenters. The lowest BCUT2D eigenvalue weighted by molar-refractivity contribution is 0.847. The summed E-state index contributed by atoms with van der Waals surface area (Å²) < 4.78 is 1.04. The molecular formula is C9H10BrN3S. The van der Waals surface area contributed by atoms with E-state index in [1.54, 1.807) is 17.5 Å². The van der Waals surface area contributed by atoms with Gasteiger partial charge in [0.2, 0.25) is 0 Å². The van der Waals surface area contributed by atoms with Crippen molar-refractivity contribution in [3.63, 3.8) is 0 Å². The predicted octanol–water partition coefficient (Wildman–Crippen LogP) is 3.41. The number of thiazole rings is 1. The van der Waals surface area contributed by atoms with Crippen LogP contribution in [0.25, 0.3) is 0 Å². The molecule has 3 nitrogen and oxygen atoms in total. The van der Waals surface area contributed by atoms with Crippen molar-refractivity contribution < 1.29 is 0 Å². The van der Waals surface area contributed by atoms with Gasteiger partial charge in [-0.15, -0.1) is 0 Å². The Balaban J connectivity index is 2.05. The molecule has 0 saturated carbocycles. The van der Waals surface area contributed by atoms with Gasteiger partial charge in [0.15, 0.2) is 5.13 Å². The number of halogens is 1. The van der Waals surface area contributed by atoms with E-state index in [4.69, 9.17) is 0 Å². The molecule has 0 radical (unpaired) electrons. The van der Waals surface area contributed by atoms with Gasteiger partial charge in [0.1, 0.15) is 0 Å². The van der Waals surface area contributed by atoms with Crippen LogP contribution in [0.15, 0.2) is 28.3 Å². The summed E-state index contributed by atoms with van der Waals surface area (Å²) in [5.41, 5.74) is 1.16. The molecule has 0 aliphatic rings. The molecule has 74 valence electrons. The Morgan fingerprint density at radius 3 is 3.07 bits per heavy atom. The topological polar surface area (TPSA) is 40.7 Å². The summed E-state index contributed by atoms with van der Waals surface area (Å²) in [6, 6.07) is 4.30. The molecule has 0 aromatic carbocycles. The third-order valence-corrected chi connectivity index (χ3v) is 3.31. The Kier molecular flexibility index (Phi) is 2.88. The van der Waals surface area contributed by atoms with Crippen LogP contribution in [0, 0.1) is 0 Å². The Bertz CT molecular complexity index is 396. The lowest BCUT2D eigenvalue weighted by Crippen LogP contribution is -2.06. The van der Waals surface area contributed by atoms with E-state index in [-0.39, 0.29) is 6.04 Å². The van der Waals surface area contributed by atoms with Crippen LogP contribution in [0.4, 0.5) is 5.13 Å². The van der Waals surface area contributed by atoms with Crippen LogP contribution >= 0.6 is 27.3 Å². The van der Waals surface area contributed by atoms with Crippen LogP contribution < -0.4 is 5.32 Å². The van der Waals surface area contributed by atoms with Crippen LogP contribution in [-0.4, -0.2) is 9.97 Å². The number of nitrogens with zero attached hydrogens (tertiary/aromatic N) is 1. The average molecular weight is 272 g/mol. The molecule has 0 amide bonds. The Morgan fingerprint density at radius 2 is 2.50 bits per heavy atom. The number of hydrogen-bond acceptors (Lipinski definition) is 3. The van der Waals surface area contributed by atoms with Gasteiger partial charge in [0, 0.05) is 11.9 Å². The minimum atomic E-state index is 0.253. The van der Waals surface area contributed by atoms with E-state index in [2.05, 4.69) is 44.2 Å². The monoisotopic (exact) mass is 271 g/mol. The van der Waals surface area contributed by atoms with Crippen molar-refractivity contribution in [2.75, 3.05) is 5.32 Å². The zero-order valence-electron chi connectivity index (χ0n) is 7.62. The van der Waals surface area contributed by atoms with Gasteiger partial charge in [-0.1, -0.05) is 11.3 Å². The van der Waals surface area contributed by atoms with Crippen molar-refractivity contribution >= 4 is 32.4 Å². The van der Waals surface area contributed by atoms with Crippen molar-refractivity contribution in [3.8, 4) is 0 Å². The van der Waals surface area contributed by atoms with Crippen LogP contribution in [0.3, 0.4) is 0 Å². The van der Waals surface area contributed by atoms with Gasteiger partial charge >= 0.3 is 0 Å². The number of hydrogen-bond donors (Lipinski definition) is 2. The van der Waals surface area contributed by atoms with E-state index in [0.717, 1.165) is 14.6 Å². The van der Waals surface area contributed by atoms with Crippen molar-refractivity contribution in [3.05, 3.63) is 34.0 Å². The van der Waals surface area contributed by atoms with Gasteiger partial charge < -0.3 is 10.3 Å². The first-order valence-corrected chi connectivity index (χ1v) is 5.88. The van der Waals surface area contributed by atoms with Crippen LogP contribution in [-0.2, 0) is 0 Å². The number of rotatable bonds is 3. The second kappa shape index (κ2) is 4.14. The Morgan fingerprint density at radius 1 is 1.64 bits per heavy atom. The fourth-order valence-corrected chi connectivity index (χ4v) is 2.39. The summed E-state index contributed by atoms with van der Waals surface area (Å²) in [4.78, 5) is 7.38. The van der Waals surface area contributed by atoms with Crippen molar-refractivity contribution in [2.45, 2.75) is 13.0 Å². The summed E-state index contributed by atoms with van der Waals surface area (Å²) in [7, 11) is 0. The van der Waals surface area contributed by atoms with E-state index in [1.807, 2.05) is 12.3 Å². The highest BCUT2D eigenvalue weighted by Gasteiger charge is 2.07. The maximum Gasteiger partial charge on any atom is 0.184 e. The van der Waals surface area contributed by atoms with Gasteiger partial charge in [0.25, 0.3) is 0 Å². The highest BCUT2D eigenvalue weighted by atomic mass is 79.9. The Hall–Kier alpha value is -0.810. The summed E-state index contributed by atoms with van der Waals surface area (Å²) in [6.07, 6.45) is 3.72. The van der Waals surface area contributed by atoms with E-state index in [9.17, 15) is 0 Å². The molecule has 2 heterocycles. The molecule has 0 aliphatic carbocycles.